The van der Waals surface area contributed by atoms with Gasteiger partial charge in [-0.25, -0.2) is 12.8 Å². The van der Waals surface area contributed by atoms with Crippen molar-refractivity contribution in [3.8, 4) is 5.75 Å². The lowest BCUT2D eigenvalue weighted by atomic mass is 10.1. The number of hydrogen-bond donors (Lipinski definition) is 1. The monoisotopic (exact) mass is 615 g/mol. The van der Waals surface area contributed by atoms with Crippen molar-refractivity contribution in [1.29, 1.82) is 0 Å². The molecule has 3 aromatic carbocycles. The van der Waals surface area contributed by atoms with E-state index in [4.69, 9.17) is 4.74 Å². The van der Waals surface area contributed by atoms with Gasteiger partial charge in [0.25, 0.3) is 10.0 Å². The van der Waals surface area contributed by atoms with Crippen LogP contribution in [0.25, 0.3) is 0 Å². The standard InChI is InChI=1S/C31H38FN3O5S2/c1-7-40-28-15-11-10-14-27(28)35(42(38,39)25-18-16-24(41-6)17-19-25)21-29(36)34(20-23-12-8-9-13-26(23)32)22(2)30(37)33-31(3,4)5/h8-19,22H,7,20-21H2,1-6H3,(H,33,37). The molecule has 0 fully saturated rings. The summed E-state index contributed by atoms with van der Waals surface area (Å²) in [4.78, 5) is 29.3. The molecule has 0 bridgehead atoms. The molecule has 226 valence electrons. The SMILES string of the molecule is CCOc1ccccc1N(CC(=O)N(Cc1ccccc1F)C(C)C(=O)NC(C)(C)C)S(=O)(=O)c1ccc(SC)cc1. The first-order valence-electron chi connectivity index (χ1n) is 13.5. The van der Waals surface area contributed by atoms with Crippen LogP contribution in [-0.4, -0.2) is 56.1 Å². The van der Waals surface area contributed by atoms with Crippen LogP contribution in [0, 0.1) is 5.82 Å². The second-order valence-corrected chi connectivity index (χ2v) is 13.4. The van der Waals surface area contributed by atoms with Crippen molar-refractivity contribution in [2.24, 2.45) is 0 Å². The van der Waals surface area contributed by atoms with Crippen molar-refractivity contribution in [2.75, 3.05) is 23.7 Å². The summed E-state index contributed by atoms with van der Waals surface area (Å²) in [7, 11) is -4.28. The van der Waals surface area contributed by atoms with Crippen LogP contribution in [0.1, 0.15) is 40.2 Å². The van der Waals surface area contributed by atoms with Crippen LogP contribution in [0.2, 0.25) is 0 Å². The van der Waals surface area contributed by atoms with Crippen molar-refractivity contribution < 1.29 is 27.1 Å². The fourth-order valence-electron chi connectivity index (χ4n) is 4.20. The average molecular weight is 616 g/mol. The molecule has 0 aliphatic heterocycles. The van der Waals surface area contributed by atoms with Gasteiger partial charge in [-0.05, 0) is 83.3 Å². The molecule has 2 amide bonds. The van der Waals surface area contributed by atoms with Crippen LogP contribution < -0.4 is 14.4 Å². The van der Waals surface area contributed by atoms with Crippen LogP contribution >= 0.6 is 11.8 Å². The van der Waals surface area contributed by atoms with Crippen molar-refractivity contribution in [2.45, 2.75) is 62.5 Å². The summed E-state index contributed by atoms with van der Waals surface area (Å²) < 4.78 is 49.6. The number of amides is 2. The largest absolute Gasteiger partial charge is 0.492 e. The van der Waals surface area contributed by atoms with Crippen LogP contribution in [-0.2, 0) is 26.2 Å². The number of carbonyl (C=O) groups is 2. The van der Waals surface area contributed by atoms with Gasteiger partial charge < -0.3 is 15.0 Å². The van der Waals surface area contributed by atoms with Crippen molar-refractivity contribution >= 4 is 39.3 Å². The summed E-state index contributed by atoms with van der Waals surface area (Å²) in [6, 6.07) is 17.8. The minimum absolute atomic E-state index is 0.0152. The van der Waals surface area contributed by atoms with Crippen molar-refractivity contribution in [3.05, 3.63) is 84.2 Å². The van der Waals surface area contributed by atoms with Gasteiger partial charge in [0.2, 0.25) is 11.8 Å². The first-order valence-corrected chi connectivity index (χ1v) is 16.2. The van der Waals surface area contributed by atoms with Gasteiger partial charge in [-0.1, -0.05) is 30.3 Å². The van der Waals surface area contributed by atoms with Gasteiger partial charge >= 0.3 is 0 Å². The molecule has 0 spiro atoms. The highest BCUT2D eigenvalue weighted by atomic mass is 32.2. The number of ether oxygens (including phenoxy) is 1. The summed E-state index contributed by atoms with van der Waals surface area (Å²) in [5.74, 6) is -1.41. The molecule has 0 heterocycles. The highest BCUT2D eigenvalue weighted by molar-refractivity contribution is 7.98. The van der Waals surface area contributed by atoms with Gasteiger partial charge in [0.15, 0.2) is 0 Å². The summed E-state index contributed by atoms with van der Waals surface area (Å²) in [5, 5.41) is 2.85. The van der Waals surface area contributed by atoms with Gasteiger partial charge in [-0.2, -0.15) is 0 Å². The smallest absolute Gasteiger partial charge is 0.264 e. The number of sulfonamides is 1. The summed E-state index contributed by atoms with van der Waals surface area (Å²) in [6.45, 7) is 8.10. The highest BCUT2D eigenvalue weighted by Crippen LogP contribution is 2.33. The Morgan fingerprint density at radius 3 is 2.21 bits per heavy atom. The van der Waals surface area contributed by atoms with E-state index in [1.165, 1.54) is 53.9 Å². The Morgan fingerprint density at radius 2 is 1.62 bits per heavy atom. The molecule has 0 aliphatic rings. The third kappa shape index (κ3) is 8.25. The molecule has 1 atom stereocenters. The van der Waals surface area contributed by atoms with E-state index in [0.29, 0.717) is 0 Å². The topological polar surface area (TPSA) is 96.0 Å². The number of para-hydroxylation sites is 2. The van der Waals surface area contributed by atoms with Crippen LogP contribution in [0.4, 0.5) is 10.1 Å². The lowest BCUT2D eigenvalue weighted by molar-refractivity contribution is -0.140. The van der Waals surface area contributed by atoms with E-state index >= 15 is 0 Å². The molecule has 42 heavy (non-hydrogen) atoms. The normalized spacial score (nSPS) is 12.4. The molecular weight excluding hydrogens is 577 g/mol. The lowest BCUT2D eigenvalue weighted by Gasteiger charge is -2.33. The Morgan fingerprint density at radius 1 is 1.00 bits per heavy atom. The number of nitrogens with zero attached hydrogens (tertiary/aromatic N) is 2. The number of anilines is 1. The molecule has 0 aromatic heterocycles. The highest BCUT2D eigenvalue weighted by Gasteiger charge is 2.34. The van der Waals surface area contributed by atoms with Crippen molar-refractivity contribution in [3.63, 3.8) is 0 Å². The Hall–Kier alpha value is -3.57. The lowest BCUT2D eigenvalue weighted by Crippen LogP contribution is -2.54. The van der Waals surface area contributed by atoms with Gasteiger partial charge in [0.1, 0.15) is 24.2 Å². The van der Waals surface area contributed by atoms with Gasteiger partial charge in [-0.3, -0.25) is 13.9 Å². The zero-order valence-corrected chi connectivity index (χ0v) is 26.4. The van der Waals surface area contributed by atoms with E-state index in [0.717, 1.165) is 9.20 Å². The number of benzene rings is 3. The van der Waals surface area contributed by atoms with Crippen LogP contribution in [0.3, 0.4) is 0 Å². The zero-order valence-electron chi connectivity index (χ0n) is 24.8. The molecule has 3 rings (SSSR count). The summed E-state index contributed by atoms with van der Waals surface area (Å²) in [6.07, 6.45) is 1.88. The predicted molar refractivity (Wildman–Crippen MR) is 165 cm³/mol. The number of halogens is 1. The maximum absolute atomic E-state index is 14.7. The van der Waals surface area contributed by atoms with Gasteiger partial charge in [0.05, 0.1) is 17.2 Å². The van der Waals surface area contributed by atoms with Gasteiger partial charge in [0, 0.05) is 22.5 Å². The quantitative estimate of drug-likeness (QED) is 0.272. The molecule has 0 aliphatic carbocycles. The van der Waals surface area contributed by atoms with E-state index in [1.807, 2.05) is 27.0 Å². The molecular formula is C31H38FN3O5S2. The number of rotatable bonds is 12. The van der Waals surface area contributed by atoms with E-state index in [9.17, 15) is 22.4 Å². The van der Waals surface area contributed by atoms with E-state index < -0.39 is 45.8 Å². The number of hydrogen-bond acceptors (Lipinski definition) is 6. The predicted octanol–water partition coefficient (Wildman–Crippen LogP) is 5.47. The number of carbonyl (C=O) groups excluding carboxylic acids is 2. The second-order valence-electron chi connectivity index (χ2n) is 10.6. The fourth-order valence-corrected chi connectivity index (χ4v) is 6.03. The van der Waals surface area contributed by atoms with Crippen LogP contribution in [0.15, 0.2) is 82.6 Å². The summed E-state index contributed by atoms with van der Waals surface area (Å²) >= 11 is 1.47. The Balaban J connectivity index is 2.10. The Kier molecular flexibility index (Phi) is 11.0. The van der Waals surface area contributed by atoms with E-state index in [1.54, 1.807) is 49.4 Å². The van der Waals surface area contributed by atoms with E-state index in [-0.39, 0.29) is 35.0 Å². The van der Waals surface area contributed by atoms with Gasteiger partial charge in [-0.15, -0.1) is 11.8 Å². The molecule has 0 radical (unpaired) electrons. The van der Waals surface area contributed by atoms with Crippen molar-refractivity contribution in [1.82, 2.24) is 10.2 Å². The number of thioether (sulfide) groups is 1. The molecule has 1 unspecified atom stereocenters. The molecule has 1 N–H and O–H groups in total. The third-order valence-corrected chi connectivity index (χ3v) is 8.84. The Labute approximate surface area is 252 Å². The third-order valence-electron chi connectivity index (χ3n) is 6.32. The molecule has 3 aromatic rings. The van der Waals surface area contributed by atoms with E-state index in [2.05, 4.69) is 5.32 Å². The number of nitrogens with one attached hydrogen (secondary N) is 1. The minimum Gasteiger partial charge on any atom is -0.492 e. The minimum atomic E-state index is -4.28. The Bertz CT molecular complexity index is 1490. The maximum atomic E-state index is 14.7. The first kappa shape index (κ1) is 32.9. The maximum Gasteiger partial charge on any atom is 0.264 e. The molecule has 0 saturated heterocycles. The average Bonchev–Trinajstić information content (AvgIpc) is 2.94. The molecule has 8 nitrogen and oxygen atoms in total. The molecule has 11 heteroatoms. The summed E-state index contributed by atoms with van der Waals surface area (Å²) in [5.41, 5.74) is -0.232. The zero-order chi connectivity index (χ0) is 31.1. The fraction of sp³-hybridized carbons (Fsp3) is 0.355. The first-order chi connectivity index (χ1) is 19.8. The second kappa shape index (κ2) is 14.1. The van der Waals surface area contributed by atoms with Crippen LogP contribution in [0.5, 0.6) is 5.75 Å². The molecule has 0 saturated carbocycles.